The molecule has 0 amide bonds. The highest BCUT2D eigenvalue weighted by Crippen LogP contribution is 2.26. The monoisotopic (exact) mass is 307 g/mol. The molecule has 0 bridgehead atoms. The third kappa shape index (κ3) is 3.24. The average Bonchev–Trinajstić information content (AvgIpc) is 2.36. The van der Waals surface area contributed by atoms with Gasteiger partial charge in [0.1, 0.15) is 0 Å². The van der Waals surface area contributed by atoms with Gasteiger partial charge >= 0.3 is 0 Å². The Morgan fingerprint density at radius 2 is 2.39 bits per heavy atom. The Labute approximate surface area is 117 Å². The molecule has 0 aliphatic carbocycles. The van der Waals surface area contributed by atoms with Crippen LogP contribution in [0.5, 0.6) is 0 Å². The van der Waals surface area contributed by atoms with Gasteiger partial charge in [0.2, 0.25) is 0 Å². The molecule has 1 aliphatic rings. The van der Waals surface area contributed by atoms with Gasteiger partial charge < -0.3 is 4.90 Å². The van der Waals surface area contributed by atoms with Crippen molar-refractivity contribution >= 4 is 21.6 Å². The van der Waals surface area contributed by atoms with Crippen LogP contribution in [0.2, 0.25) is 0 Å². The number of nitriles is 1. The van der Waals surface area contributed by atoms with E-state index < -0.39 is 0 Å². The van der Waals surface area contributed by atoms with Gasteiger partial charge in [0.05, 0.1) is 12.6 Å². The molecule has 96 valence electrons. The van der Waals surface area contributed by atoms with Crippen molar-refractivity contribution < 1.29 is 0 Å². The van der Waals surface area contributed by atoms with E-state index in [0.29, 0.717) is 12.6 Å². The topological polar surface area (TPSA) is 39.1 Å². The number of benzene rings is 1. The van der Waals surface area contributed by atoms with Crippen molar-refractivity contribution in [1.82, 2.24) is 5.32 Å². The molecule has 1 aromatic carbocycles. The summed E-state index contributed by atoms with van der Waals surface area (Å²) in [5, 5.41) is 11.9. The van der Waals surface area contributed by atoms with Crippen molar-refractivity contribution in [3.63, 3.8) is 0 Å². The maximum Gasteiger partial charge on any atom is 0.0843 e. The van der Waals surface area contributed by atoms with Crippen LogP contribution in [-0.4, -0.2) is 25.7 Å². The predicted octanol–water partition coefficient (Wildman–Crippen LogP) is 2.84. The Balaban J connectivity index is 2.06. The number of anilines is 1. The van der Waals surface area contributed by atoms with E-state index in [2.05, 4.69) is 57.3 Å². The number of hydrogen-bond acceptors (Lipinski definition) is 3. The van der Waals surface area contributed by atoms with E-state index in [9.17, 15) is 0 Å². The molecule has 1 aliphatic heterocycles. The van der Waals surface area contributed by atoms with Crippen molar-refractivity contribution in [2.24, 2.45) is 0 Å². The number of rotatable bonds is 3. The molecule has 4 heteroatoms. The third-order valence-corrected chi connectivity index (χ3v) is 3.88. The lowest BCUT2D eigenvalue weighted by Crippen LogP contribution is -2.46. The van der Waals surface area contributed by atoms with Crippen molar-refractivity contribution in [3.05, 3.63) is 28.2 Å². The molecule has 0 radical (unpaired) electrons. The number of aryl methyl sites for hydroxylation is 1. The summed E-state index contributed by atoms with van der Waals surface area (Å²) in [4.78, 5) is 2.42. The fourth-order valence-electron chi connectivity index (χ4n) is 2.53. The number of piperidine rings is 1. The molecule has 1 aromatic rings. The highest BCUT2D eigenvalue weighted by atomic mass is 79.9. The fourth-order valence-corrected chi connectivity index (χ4v) is 3.00. The maximum absolute atomic E-state index is 8.62. The Morgan fingerprint density at radius 1 is 1.56 bits per heavy atom. The predicted molar refractivity (Wildman–Crippen MR) is 77.7 cm³/mol. The van der Waals surface area contributed by atoms with Crippen LogP contribution in [0.3, 0.4) is 0 Å². The summed E-state index contributed by atoms with van der Waals surface area (Å²) in [7, 11) is 0. The van der Waals surface area contributed by atoms with E-state index in [1.54, 1.807) is 0 Å². The third-order valence-electron chi connectivity index (χ3n) is 3.39. The summed E-state index contributed by atoms with van der Waals surface area (Å²) in [5.41, 5.74) is 2.60. The van der Waals surface area contributed by atoms with Gasteiger partial charge in [-0.3, -0.25) is 5.32 Å². The SMILES string of the molecule is Cc1cc(Br)ccc1N1CCCC(NCC#N)C1. The molecule has 3 nitrogen and oxygen atoms in total. The van der Waals surface area contributed by atoms with Crippen LogP contribution in [0, 0.1) is 18.3 Å². The summed E-state index contributed by atoms with van der Waals surface area (Å²) < 4.78 is 1.12. The van der Waals surface area contributed by atoms with E-state index in [1.807, 2.05) is 0 Å². The van der Waals surface area contributed by atoms with Crippen LogP contribution in [0.1, 0.15) is 18.4 Å². The van der Waals surface area contributed by atoms with Gasteiger partial charge in [0.15, 0.2) is 0 Å². The minimum atomic E-state index is 0.432. The Kier molecular flexibility index (Phi) is 4.62. The number of hydrogen-bond donors (Lipinski definition) is 1. The summed E-state index contributed by atoms with van der Waals surface area (Å²) >= 11 is 3.50. The Bertz CT molecular complexity index is 453. The first-order valence-electron chi connectivity index (χ1n) is 6.32. The number of halogens is 1. The minimum Gasteiger partial charge on any atom is -0.370 e. The van der Waals surface area contributed by atoms with Crippen LogP contribution in [0.4, 0.5) is 5.69 Å². The van der Waals surface area contributed by atoms with Crippen LogP contribution in [-0.2, 0) is 0 Å². The van der Waals surface area contributed by atoms with Gasteiger partial charge in [0, 0.05) is 29.3 Å². The average molecular weight is 308 g/mol. The molecular formula is C14H18BrN3. The molecule has 18 heavy (non-hydrogen) atoms. The first kappa shape index (κ1) is 13.4. The van der Waals surface area contributed by atoms with Gasteiger partial charge in [-0.2, -0.15) is 5.26 Å². The Morgan fingerprint density at radius 3 is 3.11 bits per heavy atom. The van der Waals surface area contributed by atoms with Crippen LogP contribution in [0.15, 0.2) is 22.7 Å². The molecule has 1 N–H and O–H groups in total. The van der Waals surface area contributed by atoms with E-state index in [0.717, 1.165) is 24.0 Å². The largest absolute Gasteiger partial charge is 0.370 e. The highest BCUT2D eigenvalue weighted by molar-refractivity contribution is 9.10. The van der Waals surface area contributed by atoms with Crippen molar-refractivity contribution in [1.29, 1.82) is 5.26 Å². The summed E-state index contributed by atoms with van der Waals surface area (Å²) in [6.45, 7) is 4.68. The molecule has 1 unspecified atom stereocenters. The Hall–Kier alpha value is -1.05. The standard InChI is InChI=1S/C14H18BrN3/c1-11-9-12(15)4-5-14(11)18-8-2-3-13(10-18)17-7-6-16/h4-5,9,13,17H,2-3,7-8,10H2,1H3. The second-order valence-corrected chi connectivity index (χ2v) is 5.67. The van der Waals surface area contributed by atoms with Gasteiger partial charge in [-0.1, -0.05) is 15.9 Å². The van der Waals surface area contributed by atoms with E-state index in [-0.39, 0.29) is 0 Å². The van der Waals surface area contributed by atoms with Gasteiger partial charge in [-0.25, -0.2) is 0 Å². The summed E-state index contributed by atoms with van der Waals surface area (Å²) in [5.74, 6) is 0. The van der Waals surface area contributed by atoms with Crippen LogP contribution < -0.4 is 10.2 Å². The van der Waals surface area contributed by atoms with E-state index in [1.165, 1.54) is 17.7 Å². The molecule has 1 heterocycles. The molecule has 1 saturated heterocycles. The fraction of sp³-hybridized carbons (Fsp3) is 0.500. The van der Waals surface area contributed by atoms with Crippen molar-refractivity contribution in [3.8, 4) is 6.07 Å². The molecule has 1 atom stereocenters. The number of nitrogens with zero attached hydrogens (tertiary/aromatic N) is 2. The number of nitrogens with one attached hydrogen (secondary N) is 1. The van der Waals surface area contributed by atoms with Crippen molar-refractivity contribution in [2.75, 3.05) is 24.5 Å². The zero-order chi connectivity index (χ0) is 13.0. The first-order valence-corrected chi connectivity index (χ1v) is 7.11. The zero-order valence-electron chi connectivity index (χ0n) is 10.6. The normalized spacial score (nSPS) is 19.6. The minimum absolute atomic E-state index is 0.432. The maximum atomic E-state index is 8.62. The van der Waals surface area contributed by atoms with E-state index >= 15 is 0 Å². The second-order valence-electron chi connectivity index (χ2n) is 4.75. The second kappa shape index (κ2) is 6.21. The van der Waals surface area contributed by atoms with Gasteiger partial charge in [0.25, 0.3) is 0 Å². The molecule has 2 rings (SSSR count). The summed E-state index contributed by atoms with van der Waals surface area (Å²) in [6.07, 6.45) is 2.34. The molecule has 0 aromatic heterocycles. The van der Waals surface area contributed by atoms with Crippen LogP contribution >= 0.6 is 15.9 Å². The zero-order valence-corrected chi connectivity index (χ0v) is 12.2. The molecule has 1 fully saturated rings. The lowest BCUT2D eigenvalue weighted by atomic mass is 10.0. The molecule has 0 spiro atoms. The summed E-state index contributed by atoms with van der Waals surface area (Å²) in [6, 6.07) is 9.00. The quantitative estimate of drug-likeness (QED) is 0.873. The smallest absolute Gasteiger partial charge is 0.0843 e. The molecule has 0 saturated carbocycles. The lowest BCUT2D eigenvalue weighted by molar-refractivity contribution is 0.439. The highest BCUT2D eigenvalue weighted by Gasteiger charge is 2.20. The van der Waals surface area contributed by atoms with Crippen molar-refractivity contribution in [2.45, 2.75) is 25.8 Å². The first-order chi connectivity index (χ1) is 8.70. The van der Waals surface area contributed by atoms with E-state index in [4.69, 9.17) is 5.26 Å². The van der Waals surface area contributed by atoms with Gasteiger partial charge in [-0.15, -0.1) is 0 Å². The molecular weight excluding hydrogens is 290 g/mol. The van der Waals surface area contributed by atoms with Crippen LogP contribution in [0.25, 0.3) is 0 Å². The lowest BCUT2D eigenvalue weighted by Gasteiger charge is -2.35. The van der Waals surface area contributed by atoms with Gasteiger partial charge in [-0.05, 0) is 43.5 Å².